The Morgan fingerprint density at radius 1 is 1.35 bits per heavy atom. The third kappa shape index (κ3) is 4.87. The summed E-state index contributed by atoms with van der Waals surface area (Å²) in [6.45, 7) is 4.33. The summed E-state index contributed by atoms with van der Waals surface area (Å²) in [4.78, 5) is 11.4. The van der Waals surface area contributed by atoms with Crippen molar-refractivity contribution in [3.05, 3.63) is 29.8 Å². The molecule has 0 aliphatic carbocycles. The molecule has 0 bridgehead atoms. The molecule has 0 radical (unpaired) electrons. The van der Waals surface area contributed by atoms with Crippen molar-refractivity contribution in [2.45, 2.75) is 26.5 Å². The Morgan fingerprint density at radius 3 is 2.71 bits per heavy atom. The predicted octanol–water partition coefficient (Wildman–Crippen LogP) is 1.74. The Morgan fingerprint density at radius 2 is 2.06 bits per heavy atom. The van der Waals surface area contributed by atoms with E-state index in [0.717, 1.165) is 11.3 Å². The second-order valence-corrected chi connectivity index (χ2v) is 3.95. The Bertz CT molecular complexity index is 363. The standard InChI is InChI=1S/C13H19NO3/c1-10(2)17-9-13(15)14-8-11-6-4-5-7-12(11)16-3/h4-7,10H,8-9H2,1-3H3,(H,14,15). The van der Waals surface area contributed by atoms with Crippen molar-refractivity contribution >= 4 is 5.91 Å². The van der Waals surface area contributed by atoms with Gasteiger partial charge in [0.05, 0.1) is 13.2 Å². The van der Waals surface area contributed by atoms with Crippen molar-refractivity contribution in [2.24, 2.45) is 0 Å². The molecule has 1 amide bonds. The van der Waals surface area contributed by atoms with Crippen LogP contribution in [0.4, 0.5) is 0 Å². The highest BCUT2D eigenvalue weighted by molar-refractivity contribution is 5.77. The third-order valence-corrected chi connectivity index (χ3v) is 2.22. The molecule has 1 N–H and O–H groups in total. The molecule has 4 nitrogen and oxygen atoms in total. The summed E-state index contributed by atoms with van der Waals surface area (Å²) in [5, 5.41) is 2.79. The van der Waals surface area contributed by atoms with Crippen LogP contribution in [0.15, 0.2) is 24.3 Å². The quantitative estimate of drug-likeness (QED) is 0.819. The molecule has 0 fully saturated rings. The molecule has 0 saturated carbocycles. The normalized spacial score (nSPS) is 10.4. The molecule has 4 heteroatoms. The van der Waals surface area contributed by atoms with Gasteiger partial charge >= 0.3 is 0 Å². The van der Waals surface area contributed by atoms with Crippen LogP contribution in [0.3, 0.4) is 0 Å². The highest BCUT2D eigenvalue weighted by Gasteiger charge is 2.05. The largest absolute Gasteiger partial charge is 0.496 e. The summed E-state index contributed by atoms with van der Waals surface area (Å²) >= 11 is 0. The summed E-state index contributed by atoms with van der Waals surface area (Å²) in [7, 11) is 1.61. The fourth-order valence-corrected chi connectivity index (χ4v) is 1.34. The first kappa shape index (κ1) is 13.5. The first-order valence-corrected chi connectivity index (χ1v) is 5.63. The zero-order chi connectivity index (χ0) is 12.7. The molecule has 1 aromatic carbocycles. The lowest BCUT2D eigenvalue weighted by molar-refractivity contribution is -0.127. The fraction of sp³-hybridized carbons (Fsp3) is 0.462. The lowest BCUT2D eigenvalue weighted by atomic mass is 10.2. The Hall–Kier alpha value is -1.55. The molecular weight excluding hydrogens is 218 g/mol. The summed E-state index contributed by atoms with van der Waals surface area (Å²) in [5.74, 6) is 0.655. The molecule has 0 heterocycles. The van der Waals surface area contributed by atoms with Crippen LogP contribution >= 0.6 is 0 Å². The number of hydrogen-bond acceptors (Lipinski definition) is 3. The molecule has 17 heavy (non-hydrogen) atoms. The van der Waals surface area contributed by atoms with Crippen LogP contribution in [-0.4, -0.2) is 25.7 Å². The Balaban J connectivity index is 2.42. The molecule has 0 atom stereocenters. The van der Waals surface area contributed by atoms with E-state index in [0.29, 0.717) is 6.54 Å². The maximum Gasteiger partial charge on any atom is 0.246 e. The van der Waals surface area contributed by atoms with Gasteiger partial charge in [-0.15, -0.1) is 0 Å². The van der Waals surface area contributed by atoms with Gasteiger partial charge in [0.2, 0.25) is 5.91 Å². The van der Waals surface area contributed by atoms with Crippen LogP contribution in [0, 0.1) is 0 Å². The Labute approximate surface area is 102 Å². The van der Waals surface area contributed by atoms with E-state index < -0.39 is 0 Å². The Kier molecular flexibility index (Phi) is 5.49. The average molecular weight is 237 g/mol. The van der Waals surface area contributed by atoms with Gasteiger partial charge in [0.15, 0.2) is 0 Å². The van der Waals surface area contributed by atoms with Gasteiger partial charge in [0, 0.05) is 12.1 Å². The number of carbonyl (C=O) groups excluding carboxylic acids is 1. The van der Waals surface area contributed by atoms with E-state index in [-0.39, 0.29) is 18.6 Å². The number of para-hydroxylation sites is 1. The maximum atomic E-state index is 11.4. The molecule has 0 aromatic heterocycles. The number of methoxy groups -OCH3 is 1. The smallest absolute Gasteiger partial charge is 0.246 e. The molecule has 0 aliphatic heterocycles. The molecular formula is C13H19NO3. The molecule has 94 valence electrons. The van der Waals surface area contributed by atoms with Crippen LogP contribution in [0.25, 0.3) is 0 Å². The second kappa shape index (κ2) is 6.91. The first-order valence-electron chi connectivity index (χ1n) is 5.63. The monoisotopic (exact) mass is 237 g/mol. The van der Waals surface area contributed by atoms with Crippen LogP contribution in [0.2, 0.25) is 0 Å². The predicted molar refractivity (Wildman–Crippen MR) is 65.9 cm³/mol. The summed E-state index contributed by atoms with van der Waals surface area (Å²) < 4.78 is 10.4. The fourth-order valence-electron chi connectivity index (χ4n) is 1.34. The van der Waals surface area contributed by atoms with E-state index in [1.807, 2.05) is 38.1 Å². The van der Waals surface area contributed by atoms with E-state index in [9.17, 15) is 4.79 Å². The number of ether oxygens (including phenoxy) is 2. The number of benzene rings is 1. The van der Waals surface area contributed by atoms with Crippen molar-refractivity contribution in [3.63, 3.8) is 0 Å². The van der Waals surface area contributed by atoms with Gasteiger partial charge in [0.25, 0.3) is 0 Å². The van der Waals surface area contributed by atoms with Crippen LogP contribution in [0.5, 0.6) is 5.75 Å². The van der Waals surface area contributed by atoms with Crippen LogP contribution in [0.1, 0.15) is 19.4 Å². The molecule has 1 aromatic rings. The van der Waals surface area contributed by atoms with Gasteiger partial charge in [-0.3, -0.25) is 4.79 Å². The van der Waals surface area contributed by atoms with E-state index in [4.69, 9.17) is 9.47 Å². The molecule has 0 saturated heterocycles. The summed E-state index contributed by atoms with van der Waals surface area (Å²) in [5.41, 5.74) is 0.952. The van der Waals surface area contributed by atoms with Gasteiger partial charge in [-0.2, -0.15) is 0 Å². The number of nitrogens with one attached hydrogen (secondary N) is 1. The van der Waals surface area contributed by atoms with Crippen LogP contribution in [-0.2, 0) is 16.1 Å². The van der Waals surface area contributed by atoms with Gasteiger partial charge in [0.1, 0.15) is 12.4 Å². The minimum Gasteiger partial charge on any atom is -0.496 e. The van der Waals surface area contributed by atoms with Gasteiger partial charge in [-0.1, -0.05) is 18.2 Å². The number of amides is 1. The lowest BCUT2D eigenvalue weighted by Crippen LogP contribution is -2.28. The van der Waals surface area contributed by atoms with Gasteiger partial charge in [-0.05, 0) is 19.9 Å². The van der Waals surface area contributed by atoms with Crippen molar-refractivity contribution in [1.29, 1.82) is 0 Å². The van der Waals surface area contributed by atoms with E-state index in [1.54, 1.807) is 7.11 Å². The van der Waals surface area contributed by atoms with Gasteiger partial charge in [-0.25, -0.2) is 0 Å². The van der Waals surface area contributed by atoms with Gasteiger partial charge < -0.3 is 14.8 Å². The summed E-state index contributed by atoms with van der Waals surface area (Å²) in [6, 6.07) is 7.59. The lowest BCUT2D eigenvalue weighted by Gasteiger charge is -2.10. The molecule has 0 spiro atoms. The van der Waals surface area contributed by atoms with Crippen molar-refractivity contribution in [2.75, 3.05) is 13.7 Å². The molecule has 1 rings (SSSR count). The van der Waals surface area contributed by atoms with Crippen LogP contribution < -0.4 is 10.1 Å². The second-order valence-electron chi connectivity index (χ2n) is 3.95. The number of rotatable bonds is 6. The van der Waals surface area contributed by atoms with E-state index >= 15 is 0 Å². The maximum absolute atomic E-state index is 11.4. The zero-order valence-corrected chi connectivity index (χ0v) is 10.5. The minimum absolute atomic E-state index is 0.0620. The van der Waals surface area contributed by atoms with Crippen molar-refractivity contribution in [1.82, 2.24) is 5.32 Å². The first-order chi connectivity index (χ1) is 8.13. The summed E-state index contributed by atoms with van der Waals surface area (Å²) in [6.07, 6.45) is 0.0620. The molecule has 0 unspecified atom stereocenters. The number of carbonyl (C=O) groups is 1. The zero-order valence-electron chi connectivity index (χ0n) is 10.5. The van der Waals surface area contributed by atoms with Crippen molar-refractivity contribution in [3.8, 4) is 5.75 Å². The van der Waals surface area contributed by atoms with Crippen molar-refractivity contribution < 1.29 is 14.3 Å². The van der Waals surface area contributed by atoms with E-state index in [2.05, 4.69) is 5.32 Å². The average Bonchev–Trinajstić information content (AvgIpc) is 2.34. The minimum atomic E-state index is -0.121. The SMILES string of the molecule is COc1ccccc1CNC(=O)COC(C)C. The number of hydrogen-bond donors (Lipinski definition) is 1. The topological polar surface area (TPSA) is 47.6 Å². The molecule has 0 aliphatic rings. The highest BCUT2D eigenvalue weighted by atomic mass is 16.5. The highest BCUT2D eigenvalue weighted by Crippen LogP contribution is 2.16. The third-order valence-electron chi connectivity index (χ3n) is 2.22. The van der Waals surface area contributed by atoms with E-state index in [1.165, 1.54) is 0 Å².